The van der Waals surface area contributed by atoms with Crippen molar-refractivity contribution in [2.75, 3.05) is 54.1 Å². The minimum atomic E-state index is -4.30. The van der Waals surface area contributed by atoms with Crippen molar-refractivity contribution in [3.05, 3.63) is 60.8 Å². The van der Waals surface area contributed by atoms with Crippen molar-refractivity contribution < 1.29 is 37.3 Å². The third-order valence-corrected chi connectivity index (χ3v) is 11.1. The summed E-state index contributed by atoms with van der Waals surface area (Å²) < 4.78 is 34.9. The molecule has 0 radical (unpaired) electrons. The van der Waals surface area contributed by atoms with E-state index in [-0.39, 0.29) is 26.2 Å². The highest BCUT2D eigenvalue weighted by Crippen LogP contribution is 2.43. The van der Waals surface area contributed by atoms with E-state index in [0.29, 0.717) is 24.1 Å². The molecule has 0 saturated carbocycles. The van der Waals surface area contributed by atoms with Gasteiger partial charge in [-0.2, -0.15) is 0 Å². The molecule has 1 N–H and O–H groups in total. The largest absolute Gasteiger partial charge is 0.472 e. The van der Waals surface area contributed by atoms with E-state index in [1.165, 1.54) is 128 Å². The standard InChI is InChI=1S/C50H92NO7P/c1-6-8-10-12-14-16-18-20-21-22-23-24-25-26-27-28-29-30-32-34-36-38-40-42-45-55-47-49(48-57-59(53,54)56-46-44-51(3,4)5)58-50(52)43-41-39-37-35-33-31-19-17-15-13-11-9-7-2/h9,11,15,17,22-23,31,33,37,39,49H,6-8,10,12-14,16,18-21,24-30,32,34-36,38,40-48H2,1-5H3/p+1/b11-9-,17-15-,23-22-,33-31-,39-37-. The van der Waals surface area contributed by atoms with Crippen LogP contribution in [0.25, 0.3) is 0 Å². The molecule has 2 unspecified atom stereocenters. The number of phosphoric ester groups is 1. The average molecular weight is 851 g/mol. The Hall–Kier alpha value is -1.80. The van der Waals surface area contributed by atoms with Gasteiger partial charge in [0.1, 0.15) is 19.3 Å². The number of carbonyl (C=O) groups is 1. The predicted octanol–water partition coefficient (Wildman–Crippen LogP) is 14.5. The maximum absolute atomic E-state index is 12.6. The van der Waals surface area contributed by atoms with Crippen LogP contribution in [0.4, 0.5) is 0 Å². The molecule has 0 rings (SSSR count). The van der Waals surface area contributed by atoms with E-state index in [2.05, 4.69) is 62.5 Å². The number of nitrogens with zero attached hydrogens (tertiary/aromatic N) is 1. The molecule has 0 aromatic heterocycles. The fraction of sp³-hybridized carbons (Fsp3) is 0.780. The first-order valence-electron chi connectivity index (χ1n) is 24.0. The Morgan fingerprint density at radius 2 is 0.983 bits per heavy atom. The summed E-state index contributed by atoms with van der Waals surface area (Å²) in [5.41, 5.74) is 0. The van der Waals surface area contributed by atoms with Crippen LogP contribution in [-0.4, -0.2) is 75.6 Å². The van der Waals surface area contributed by atoms with Crippen molar-refractivity contribution >= 4 is 13.8 Å². The first kappa shape index (κ1) is 57.2. The Bertz CT molecular complexity index is 1130. The molecule has 0 heterocycles. The molecule has 0 aliphatic rings. The number of ether oxygens (including phenoxy) is 2. The number of quaternary nitrogens is 1. The Balaban J connectivity index is 4.15. The molecule has 0 aliphatic carbocycles. The quantitative estimate of drug-likeness (QED) is 0.0215. The molecule has 0 amide bonds. The molecule has 0 fully saturated rings. The average Bonchev–Trinajstić information content (AvgIpc) is 3.19. The van der Waals surface area contributed by atoms with Crippen LogP contribution in [0.5, 0.6) is 0 Å². The monoisotopic (exact) mass is 851 g/mol. The van der Waals surface area contributed by atoms with Crippen molar-refractivity contribution in [3.8, 4) is 0 Å². The zero-order valence-electron chi connectivity index (χ0n) is 39.0. The van der Waals surface area contributed by atoms with Crippen molar-refractivity contribution in [1.29, 1.82) is 0 Å². The van der Waals surface area contributed by atoms with Crippen molar-refractivity contribution in [2.24, 2.45) is 0 Å². The van der Waals surface area contributed by atoms with Crippen LogP contribution >= 0.6 is 7.82 Å². The van der Waals surface area contributed by atoms with E-state index in [1.807, 2.05) is 33.3 Å². The molecule has 0 bridgehead atoms. The first-order chi connectivity index (χ1) is 28.6. The minimum absolute atomic E-state index is 0.0742. The molecule has 0 aliphatic heterocycles. The number of allylic oxidation sites excluding steroid dienone is 10. The summed E-state index contributed by atoms with van der Waals surface area (Å²) in [6.45, 7) is 5.41. The second-order valence-corrected chi connectivity index (χ2v) is 18.6. The molecule has 9 heteroatoms. The van der Waals surface area contributed by atoms with Crippen molar-refractivity contribution in [1.82, 2.24) is 0 Å². The third-order valence-electron chi connectivity index (χ3n) is 10.1. The summed E-state index contributed by atoms with van der Waals surface area (Å²) in [5.74, 6) is -0.393. The van der Waals surface area contributed by atoms with Gasteiger partial charge in [0.25, 0.3) is 0 Å². The Kier molecular flexibility index (Phi) is 41.6. The van der Waals surface area contributed by atoms with E-state index in [1.54, 1.807) is 0 Å². The summed E-state index contributed by atoms with van der Waals surface area (Å²) in [5, 5.41) is 0. The van der Waals surface area contributed by atoms with Crippen LogP contribution in [0.15, 0.2) is 60.8 Å². The number of esters is 1. The van der Waals surface area contributed by atoms with Gasteiger partial charge in [-0.05, 0) is 64.2 Å². The molecule has 59 heavy (non-hydrogen) atoms. The van der Waals surface area contributed by atoms with E-state index in [4.69, 9.17) is 18.5 Å². The summed E-state index contributed by atoms with van der Waals surface area (Å²) in [7, 11) is 1.62. The molecule has 0 saturated heterocycles. The van der Waals surface area contributed by atoms with Gasteiger partial charge in [-0.25, -0.2) is 4.57 Å². The lowest BCUT2D eigenvalue weighted by Gasteiger charge is -2.24. The van der Waals surface area contributed by atoms with Crippen LogP contribution in [0.2, 0.25) is 0 Å². The van der Waals surface area contributed by atoms with E-state index >= 15 is 0 Å². The first-order valence-corrected chi connectivity index (χ1v) is 25.5. The topological polar surface area (TPSA) is 91.3 Å². The van der Waals surface area contributed by atoms with Crippen LogP contribution in [0.1, 0.15) is 194 Å². The van der Waals surface area contributed by atoms with Gasteiger partial charge < -0.3 is 18.9 Å². The smallest absolute Gasteiger partial charge is 0.457 e. The fourth-order valence-corrected chi connectivity index (χ4v) is 7.13. The second kappa shape index (κ2) is 42.9. The minimum Gasteiger partial charge on any atom is -0.457 e. The molecule has 2 atom stereocenters. The summed E-state index contributed by atoms with van der Waals surface area (Å²) in [6.07, 6.45) is 54.4. The highest BCUT2D eigenvalue weighted by Gasteiger charge is 2.26. The summed E-state index contributed by atoms with van der Waals surface area (Å²) >= 11 is 0. The SMILES string of the molecule is CC/C=C\C/C=C\C/C=C\C/C=C\CCC(=O)OC(COCCCCCCCCCCCCCC/C=C\CCCCCCCCCC)COP(=O)(O)OCC[N+](C)(C)C. The molecular weight excluding hydrogens is 758 g/mol. The Morgan fingerprint density at radius 1 is 0.542 bits per heavy atom. The van der Waals surface area contributed by atoms with Crippen molar-refractivity contribution in [3.63, 3.8) is 0 Å². The van der Waals surface area contributed by atoms with Gasteiger partial charge in [-0.1, -0.05) is 184 Å². The van der Waals surface area contributed by atoms with Crippen molar-refractivity contribution in [2.45, 2.75) is 200 Å². The molecule has 8 nitrogen and oxygen atoms in total. The molecule has 0 aromatic rings. The summed E-state index contributed by atoms with van der Waals surface area (Å²) in [6, 6.07) is 0. The number of likely N-dealkylation sites (N-methyl/N-ethyl adjacent to an activating group) is 1. The van der Waals surface area contributed by atoms with Crippen LogP contribution in [0.3, 0.4) is 0 Å². The number of carbonyl (C=O) groups excluding carboxylic acids is 1. The number of unbranched alkanes of at least 4 members (excludes halogenated alkanes) is 20. The fourth-order valence-electron chi connectivity index (χ4n) is 6.38. The maximum atomic E-state index is 12.6. The molecule has 0 spiro atoms. The lowest BCUT2D eigenvalue weighted by Crippen LogP contribution is -2.37. The molecular formula is C50H93NO7P+. The van der Waals surface area contributed by atoms with Gasteiger partial charge in [0.05, 0.1) is 34.4 Å². The number of rotatable bonds is 44. The van der Waals surface area contributed by atoms with Gasteiger partial charge in [0, 0.05) is 13.0 Å². The molecule has 344 valence electrons. The summed E-state index contributed by atoms with van der Waals surface area (Å²) in [4.78, 5) is 22.8. The lowest BCUT2D eigenvalue weighted by molar-refractivity contribution is -0.870. The van der Waals surface area contributed by atoms with Crippen LogP contribution < -0.4 is 0 Å². The van der Waals surface area contributed by atoms with E-state index in [9.17, 15) is 14.3 Å². The van der Waals surface area contributed by atoms with E-state index in [0.717, 1.165) is 38.5 Å². The Morgan fingerprint density at radius 3 is 1.47 bits per heavy atom. The number of phosphoric acid groups is 1. The van der Waals surface area contributed by atoms with Gasteiger partial charge in [-0.3, -0.25) is 13.8 Å². The van der Waals surface area contributed by atoms with Gasteiger partial charge in [0.15, 0.2) is 0 Å². The maximum Gasteiger partial charge on any atom is 0.472 e. The normalized spacial score (nSPS) is 14.2. The van der Waals surface area contributed by atoms with E-state index < -0.39 is 19.9 Å². The lowest BCUT2D eigenvalue weighted by atomic mass is 10.0. The van der Waals surface area contributed by atoms with Gasteiger partial charge >= 0.3 is 13.8 Å². The Labute approximate surface area is 364 Å². The zero-order chi connectivity index (χ0) is 43.4. The highest BCUT2D eigenvalue weighted by molar-refractivity contribution is 7.47. The number of hydrogen-bond donors (Lipinski definition) is 1. The van der Waals surface area contributed by atoms with Crippen LogP contribution in [0, 0.1) is 0 Å². The molecule has 0 aromatic carbocycles. The third kappa shape index (κ3) is 47.1. The number of hydrogen-bond acceptors (Lipinski definition) is 6. The second-order valence-electron chi connectivity index (χ2n) is 17.1. The highest BCUT2D eigenvalue weighted by atomic mass is 31.2. The van der Waals surface area contributed by atoms with Crippen LogP contribution in [-0.2, 0) is 27.9 Å². The van der Waals surface area contributed by atoms with Gasteiger partial charge in [-0.15, -0.1) is 0 Å². The van der Waals surface area contributed by atoms with Gasteiger partial charge in [0.2, 0.25) is 0 Å². The zero-order valence-corrected chi connectivity index (χ0v) is 39.9. The predicted molar refractivity (Wildman–Crippen MR) is 252 cm³/mol.